The predicted molar refractivity (Wildman–Crippen MR) is 216 cm³/mol. The number of carbonyl (C=O) groups excluding carboxylic acids is 1. The summed E-state index contributed by atoms with van der Waals surface area (Å²) in [5.74, 6) is 1.74. The first-order chi connectivity index (χ1) is 24.2. The molecule has 6 rings (SSSR count). The van der Waals surface area contributed by atoms with E-state index in [-0.39, 0.29) is 46.6 Å². The van der Waals surface area contributed by atoms with Gasteiger partial charge in [0.15, 0.2) is 22.7 Å². The Morgan fingerprint density at radius 2 is 1.40 bits per heavy atom. The molecule has 13 atom stereocenters. The Morgan fingerprint density at radius 1 is 0.846 bits per heavy atom. The summed E-state index contributed by atoms with van der Waals surface area (Å²) >= 11 is 0. The van der Waals surface area contributed by atoms with Gasteiger partial charge in [0, 0.05) is 12.3 Å². The van der Waals surface area contributed by atoms with Gasteiger partial charge in [-0.05, 0) is 147 Å². The van der Waals surface area contributed by atoms with E-state index in [1.54, 1.807) is 6.92 Å². The molecule has 0 bridgehead atoms. The van der Waals surface area contributed by atoms with Crippen LogP contribution in [0.15, 0.2) is 0 Å². The Hall–Kier alpha value is -0.256. The molecule has 52 heavy (non-hydrogen) atoms. The molecule has 0 aromatic rings. The van der Waals surface area contributed by atoms with Crippen LogP contribution in [0.1, 0.15) is 148 Å². The summed E-state index contributed by atoms with van der Waals surface area (Å²) in [5.41, 5.74) is 0.0913. The highest BCUT2D eigenvalue weighted by atomic mass is 28.4. The van der Waals surface area contributed by atoms with E-state index < -0.39 is 28.3 Å². The first-order valence-corrected chi connectivity index (χ1v) is 27.2. The smallest absolute Gasteiger partial charge is 0.303 e. The van der Waals surface area contributed by atoms with E-state index in [1.807, 2.05) is 0 Å². The molecule has 300 valence electrons. The highest BCUT2D eigenvalue weighted by Crippen LogP contribution is 2.89. The zero-order valence-electron chi connectivity index (χ0n) is 36.1. The van der Waals surface area contributed by atoms with Gasteiger partial charge in [-0.3, -0.25) is 4.79 Å². The van der Waals surface area contributed by atoms with Crippen molar-refractivity contribution in [3.63, 3.8) is 0 Å². The average molecular weight is 761 g/mol. The van der Waals surface area contributed by atoms with Crippen LogP contribution >= 0.6 is 0 Å². The molecular weight excluding hydrogens is 681 g/mol. The van der Waals surface area contributed by atoms with E-state index in [4.69, 9.17) is 18.3 Å². The van der Waals surface area contributed by atoms with Gasteiger partial charge in [0.2, 0.25) is 0 Å². The Balaban J connectivity index is 1.43. The van der Waals surface area contributed by atoms with Gasteiger partial charge < -0.3 is 23.4 Å². The van der Waals surface area contributed by atoms with Crippen molar-refractivity contribution in [2.24, 2.45) is 50.7 Å². The molecule has 0 amide bonds. The molecule has 5 aliphatic carbocycles. The molecule has 5 saturated carbocycles. The van der Waals surface area contributed by atoms with Gasteiger partial charge in [-0.1, -0.05) is 76.2 Å². The van der Waals surface area contributed by atoms with Gasteiger partial charge in [-0.25, -0.2) is 0 Å². The average Bonchev–Trinajstić information content (AvgIpc) is 3.73. The maximum atomic E-state index is 12.9. The maximum Gasteiger partial charge on any atom is 0.303 e. The fraction of sp³-hybridized carbons (Fsp3) is 0.977. The van der Waals surface area contributed by atoms with E-state index in [0.29, 0.717) is 34.5 Å². The molecule has 1 heterocycles. The van der Waals surface area contributed by atoms with Gasteiger partial charge in [0.25, 0.3) is 0 Å². The van der Waals surface area contributed by atoms with Crippen LogP contribution in [0.3, 0.4) is 0 Å². The third-order valence-electron chi connectivity index (χ3n) is 18.8. The topological polar surface area (TPSA) is 74.2 Å². The first kappa shape index (κ1) is 41.4. The summed E-state index contributed by atoms with van der Waals surface area (Å²) in [5, 5.41) is 11.3. The summed E-state index contributed by atoms with van der Waals surface area (Å²) < 4.78 is 29.2. The molecule has 8 heteroatoms. The van der Waals surface area contributed by atoms with Crippen LogP contribution in [0, 0.1) is 50.7 Å². The van der Waals surface area contributed by atoms with Gasteiger partial charge in [0.05, 0.1) is 30.0 Å². The van der Waals surface area contributed by atoms with Crippen molar-refractivity contribution in [3.05, 3.63) is 0 Å². The number of rotatable bonds is 13. The van der Waals surface area contributed by atoms with Crippen LogP contribution in [0.5, 0.6) is 0 Å². The minimum atomic E-state index is -2.05. The molecular formula is C44H80O6Si2. The lowest BCUT2D eigenvalue weighted by Gasteiger charge is -2.64. The van der Waals surface area contributed by atoms with Crippen molar-refractivity contribution >= 4 is 22.6 Å². The second-order valence-electron chi connectivity index (χ2n) is 20.9. The lowest BCUT2D eigenvalue weighted by Crippen LogP contribution is -2.61. The van der Waals surface area contributed by atoms with E-state index in [9.17, 15) is 9.90 Å². The first-order valence-electron chi connectivity index (χ1n) is 22.1. The minimum Gasteiger partial charge on any atom is -0.457 e. The van der Waals surface area contributed by atoms with Crippen LogP contribution in [-0.2, 0) is 23.1 Å². The quantitative estimate of drug-likeness (QED) is 0.149. The molecule has 6 nitrogen and oxygen atoms in total. The number of ether oxygens (including phenoxy) is 2. The SMILES string of the molecule is CC[Si](CC)(CC)O[C@H]1[C@H]2O[C@@H]([C@H](OC(C)=O)C(C)(C)O[Si](CC)(CC)CC)C[C@@H](C)[C@@H]2[C@@]2(C)CCC34C[C@@]35CC[C@H](O)C(C)(C)C5CC[C@H]4[C@]12C. The zero-order chi connectivity index (χ0) is 38.5. The fourth-order valence-electron chi connectivity index (χ4n) is 15.4. The maximum absolute atomic E-state index is 12.9. The number of carbonyl (C=O) groups is 1. The standard InChI is InChI=1S/C44H80O6Si2/c1-15-51(16-2,17-3)49-38-36-35(29(7)27-31(48-36)37(47-30(8)45)40(11,12)50-52(18-4,19-5)20-6)41(13)25-26-44-28-43(44)24-23-34(46)39(9,10)32(43)21-22-33(44)42(38,41)14/h29,31-38,46H,15-28H2,1-14H3/t29-,31-,32?,33+,34+,35+,36+,37+,38+,41-,42-,43-,44?/m1/s1. The van der Waals surface area contributed by atoms with Crippen molar-refractivity contribution < 1.29 is 28.2 Å². The molecule has 0 radical (unpaired) electrons. The molecule has 1 aliphatic heterocycles. The Kier molecular flexibility index (Phi) is 10.9. The number of fused-ring (bicyclic) bond motifs is 4. The number of aliphatic hydroxyl groups is 1. The van der Waals surface area contributed by atoms with E-state index in [0.717, 1.165) is 49.1 Å². The van der Waals surface area contributed by atoms with Crippen molar-refractivity contribution in [2.75, 3.05) is 0 Å². The van der Waals surface area contributed by atoms with Crippen LogP contribution in [0.25, 0.3) is 0 Å². The molecule has 1 N–H and O–H groups in total. The molecule has 0 aromatic carbocycles. The predicted octanol–water partition coefficient (Wildman–Crippen LogP) is 10.9. The largest absolute Gasteiger partial charge is 0.457 e. The van der Waals surface area contributed by atoms with Crippen molar-refractivity contribution in [3.8, 4) is 0 Å². The van der Waals surface area contributed by atoms with E-state index in [1.165, 1.54) is 38.5 Å². The van der Waals surface area contributed by atoms with Crippen LogP contribution < -0.4 is 0 Å². The van der Waals surface area contributed by atoms with Crippen LogP contribution in [0.2, 0.25) is 36.3 Å². The summed E-state index contributed by atoms with van der Waals surface area (Å²) in [6, 6.07) is 6.53. The van der Waals surface area contributed by atoms with Crippen LogP contribution in [-0.4, -0.2) is 63.8 Å². The Labute approximate surface area is 321 Å². The minimum absolute atomic E-state index is 0.0200. The van der Waals surface area contributed by atoms with Crippen molar-refractivity contribution in [1.82, 2.24) is 0 Å². The third-order valence-corrected chi connectivity index (χ3v) is 28.3. The molecule has 6 fully saturated rings. The highest BCUT2D eigenvalue weighted by Gasteiger charge is 2.85. The Morgan fingerprint density at radius 3 is 1.96 bits per heavy atom. The number of esters is 1. The third kappa shape index (κ3) is 5.64. The summed E-state index contributed by atoms with van der Waals surface area (Å²) in [4.78, 5) is 12.9. The van der Waals surface area contributed by atoms with Crippen LogP contribution in [0.4, 0.5) is 0 Å². The van der Waals surface area contributed by atoms with Crippen molar-refractivity contribution in [1.29, 1.82) is 0 Å². The van der Waals surface area contributed by atoms with Gasteiger partial charge >= 0.3 is 5.97 Å². The molecule has 0 aromatic heterocycles. The highest BCUT2D eigenvalue weighted by molar-refractivity contribution is 6.74. The summed E-state index contributed by atoms with van der Waals surface area (Å²) in [7, 11) is -4.07. The van der Waals surface area contributed by atoms with E-state index in [2.05, 4.69) is 90.0 Å². The second kappa shape index (κ2) is 13.7. The lowest BCUT2D eigenvalue weighted by atomic mass is 9.41. The second-order valence-corrected chi connectivity index (χ2v) is 30.3. The zero-order valence-corrected chi connectivity index (χ0v) is 38.1. The van der Waals surface area contributed by atoms with Crippen molar-refractivity contribution in [2.45, 2.75) is 221 Å². The molecule has 1 saturated heterocycles. The molecule has 6 aliphatic rings. The molecule has 2 unspecified atom stereocenters. The normalized spacial score (nSPS) is 44.4. The summed E-state index contributed by atoms with van der Waals surface area (Å²) in [6.45, 7) is 32.4. The van der Waals surface area contributed by atoms with Gasteiger partial charge in [-0.2, -0.15) is 0 Å². The number of hydrogen-bond donors (Lipinski definition) is 1. The molecule has 2 spiro atoms. The number of aliphatic hydroxyl groups excluding tert-OH is 1. The van der Waals surface area contributed by atoms with Gasteiger partial charge in [-0.15, -0.1) is 0 Å². The van der Waals surface area contributed by atoms with E-state index >= 15 is 0 Å². The fourth-order valence-corrected chi connectivity index (χ4v) is 21.5. The number of hydrogen-bond acceptors (Lipinski definition) is 6. The lowest BCUT2D eigenvalue weighted by molar-refractivity contribution is -0.212. The summed E-state index contributed by atoms with van der Waals surface area (Å²) in [6.07, 6.45) is 8.41. The van der Waals surface area contributed by atoms with Gasteiger partial charge in [0.1, 0.15) is 0 Å². The monoisotopic (exact) mass is 761 g/mol. The Bertz CT molecular complexity index is 1310.